The van der Waals surface area contributed by atoms with Crippen LogP contribution < -0.4 is 4.72 Å². The van der Waals surface area contributed by atoms with Crippen molar-refractivity contribution in [2.75, 3.05) is 14.1 Å². The van der Waals surface area contributed by atoms with Crippen molar-refractivity contribution in [2.45, 2.75) is 43.5 Å². The maximum Gasteiger partial charge on any atom is 0.253 e. The molecule has 144 valence electrons. The zero-order valence-corrected chi connectivity index (χ0v) is 16.8. The molecule has 1 amide bonds. The van der Waals surface area contributed by atoms with E-state index >= 15 is 0 Å². The molecule has 0 radical (unpaired) electrons. The van der Waals surface area contributed by atoms with E-state index < -0.39 is 10.0 Å². The Morgan fingerprint density at radius 1 is 1.04 bits per heavy atom. The number of nitrogens with one attached hydrogen (secondary N) is 1. The lowest BCUT2D eigenvalue weighted by Gasteiger charge is -2.20. The minimum Gasteiger partial charge on any atom is -0.345 e. The summed E-state index contributed by atoms with van der Waals surface area (Å²) in [5.74, 6) is -0.227. The molecule has 0 saturated heterocycles. The number of hydrogen-bond donors (Lipinski definition) is 1. The number of nitrogens with zero attached hydrogens (tertiary/aromatic N) is 1. The van der Waals surface area contributed by atoms with E-state index in [1.807, 2.05) is 13.0 Å². The van der Waals surface area contributed by atoms with Gasteiger partial charge in [-0.3, -0.25) is 4.79 Å². The van der Waals surface area contributed by atoms with Crippen LogP contribution in [0.25, 0.3) is 0 Å². The van der Waals surface area contributed by atoms with Crippen molar-refractivity contribution < 1.29 is 13.2 Å². The molecule has 0 aliphatic heterocycles. The third-order valence-electron chi connectivity index (χ3n) is 5.00. The Balaban J connectivity index is 1.82. The van der Waals surface area contributed by atoms with Crippen molar-refractivity contribution in [2.24, 2.45) is 0 Å². The molecule has 1 aliphatic rings. The molecule has 27 heavy (non-hydrogen) atoms. The number of sulfonamides is 1. The molecule has 2 aromatic rings. The molecule has 0 fully saturated rings. The van der Waals surface area contributed by atoms with E-state index in [9.17, 15) is 13.2 Å². The van der Waals surface area contributed by atoms with Gasteiger partial charge in [0.05, 0.1) is 4.90 Å². The van der Waals surface area contributed by atoms with Gasteiger partial charge < -0.3 is 4.90 Å². The quantitative estimate of drug-likeness (QED) is 0.857. The number of rotatable bonds is 5. The van der Waals surface area contributed by atoms with Crippen molar-refractivity contribution in [1.29, 1.82) is 0 Å². The van der Waals surface area contributed by atoms with Gasteiger partial charge in [0.15, 0.2) is 0 Å². The molecule has 0 heterocycles. The molecule has 1 N–H and O–H groups in total. The van der Waals surface area contributed by atoms with Crippen molar-refractivity contribution >= 4 is 15.9 Å². The highest BCUT2D eigenvalue weighted by atomic mass is 32.2. The summed E-state index contributed by atoms with van der Waals surface area (Å²) in [5.41, 5.74) is 4.00. The molecular formula is C21H26N2O3S. The average Bonchev–Trinajstić information content (AvgIpc) is 2.66. The van der Waals surface area contributed by atoms with Gasteiger partial charge in [-0.25, -0.2) is 13.1 Å². The first-order valence-corrected chi connectivity index (χ1v) is 10.7. The summed E-state index contributed by atoms with van der Waals surface area (Å²) < 4.78 is 28.4. The van der Waals surface area contributed by atoms with Crippen LogP contribution in [0.5, 0.6) is 0 Å². The van der Waals surface area contributed by atoms with Crippen LogP contribution in [0.4, 0.5) is 0 Å². The van der Waals surface area contributed by atoms with Crippen molar-refractivity contribution in [3.8, 4) is 0 Å². The third kappa shape index (κ3) is 4.39. The summed E-state index contributed by atoms with van der Waals surface area (Å²) >= 11 is 0. The molecule has 2 aromatic carbocycles. The second-order valence-electron chi connectivity index (χ2n) is 7.31. The van der Waals surface area contributed by atoms with Gasteiger partial charge in [0.25, 0.3) is 5.91 Å². The largest absolute Gasteiger partial charge is 0.345 e. The Hall–Kier alpha value is -2.18. The summed E-state index contributed by atoms with van der Waals surface area (Å²) in [6.45, 7) is 1.84. The monoisotopic (exact) mass is 386 g/mol. The summed E-state index contributed by atoms with van der Waals surface area (Å²) in [5, 5.41) is 0. The summed E-state index contributed by atoms with van der Waals surface area (Å²) in [7, 11) is -0.454. The van der Waals surface area contributed by atoms with Crippen LogP contribution in [-0.4, -0.2) is 33.3 Å². The molecule has 0 aromatic heterocycles. The molecule has 0 unspecified atom stereocenters. The van der Waals surface area contributed by atoms with E-state index in [1.165, 1.54) is 41.0 Å². The first-order chi connectivity index (χ1) is 12.8. The van der Waals surface area contributed by atoms with Gasteiger partial charge in [0, 0.05) is 25.7 Å². The lowest BCUT2D eigenvalue weighted by atomic mass is 9.89. The third-order valence-corrected chi connectivity index (χ3v) is 6.54. The molecule has 5 nitrogen and oxygen atoms in total. The number of amides is 1. The lowest BCUT2D eigenvalue weighted by Crippen LogP contribution is -2.28. The number of hydrogen-bond acceptors (Lipinski definition) is 3. The Labute approximate surface area is 161 Å². The van der Waals surface area contributed by atoms with Crippen LogP contribution in [-0.2, 0) is 22.9 Å². The van der Waals surface area contributed by atoms with Gasteiger partial charge in [-0.2, -0.15) is 0 Å². The molecule has 6 heteroatoms. The van der Waals surface area contributed by atoms with Crippen LogP contribution in [0.1, 0.15) is 52.9 Å². The van der Waals surface area contributed by atoms with E-state index in [-0.39, 0.29) is 16.8 Å². The lowest BCUT2D eigenvalue weighted by molar-refractivity contribution is 0.0827. The van der Waals surface area contributed by atoms with Crippen LogP contribution >= 0.6 is 0 Å². The summed E-state index contributed by atoms with van der Waals surface area (Å²) in [6, 6.07) is 12.0. The SMILES string of the molecule is C[C@H](NS(=O)(=O)c1cccc(C(=O)N(C)C)c1)c1ccc2c(c1)CCCC2. The summed E-state index contributed by atoms with van der Waals surface area (Å²) in [6.07, 6.45) is 4.56. The zero-order valence-electron chi connectivity index (χ0n) is 16.0. The van der Waals surface area contributed by atoms with Crippen molar-refractivity contribution in [3.63, 3.8) is 0 Å². The standard InChI is InChI=1S/C21H26N2O3S/c1-15(17-12-11-16-7-4-5-8-18(16)13-17)22-27(25,26)20-10-6-9-19(14-20)21(24)23(2)3/h6,9-15,22H,4-5,7-8H2,1-3H3/t15-/m0/s1. The summed E-state index contributed by atoms with van der Waals surface area (Å²) in [4.78, 5) is 13.6. The highest BCUT2D eigenvalue weighted by molar-refractivity contribution is 7.89. The minimum absolute atomic E-state index is 0.0972. The van der Waals surface area contributed by atoms with E-state index in [0.29, 0.717) is 5.56 Å². The van der Waals surface area contributed by atoms with Gasteiger partial charge in [0.2, 0.25) is 10.0 Å². The maximum atomic E-state index is 12.8. The predicted molar refractivity (Wildman–Crippen MR) is 106 cm³/mol. The number of carbonyl (C=O) groups excluding carboxylic acids is 1. The fourth-order valence-electron chi connectivity index (χ4n) is 3.45. The molecule has 0 saturated carbocycles. The van der Waals surface area contributed by atoms with Crippen LogP contribution in [0.3, 0.4) is 0 Å². The number of fused-ring (bicyclic) bond motifs is 1. The number of carbonyl (C=O) groups is 1. The van der Waals surface area contributed by atoms with Gasteiger partial charge in [0.1, 0.15) is 0 Å². The molecule has 0 spiro atoms. The first kappa shape index (κ1) is 19.6. The van der Waals surface area contributed by atoms with Crippen LogP contribution in [0, 0.1) is 0 Å². The molecular weight excluding hydrogens is 360 g/mol. The van der Waals surface area contributed by atoms with E-state index in [0.717, 1.165) is 18.4 Å². The molecule has 3 rings (SSSR count). The Bertz CT molecular complexity index is 952. The highest BCUT2D eigenvalue weighted by Crippen LogP contribution is 2.25. The second kappa shape index (κ2) is 7.82. The second-order valence-corrected chi connectivity index (χ2v) is 9.02. The molecule has 0 bridgehead atoms. The normalized spacial score (nSPS) is 15.1. The van der Waals surface area contributed by atoms with Crippen molar-refractivity contribution in [3.05, 3.63) is 64.7 Å². The zero-order chi connectivity index (χ0) is 19.6. The van der Waals surface area contributed by atoms with E-state index in [1.54, 1.807) is 26.2 Å². The molecule has 1 aliphatic carbocycles. The van der Waals surface area contributed by atoms with Crippen LogP contribution in [0.15, 0.2) is 47.4 Å². The van der Waals surface area contributed by atoms with E-state index in [2.05, 4.69) is 16.9 Å². The average molecular weight is 387 g/mol. The van der Waals surface area contributed by atoms with Gasteiger partial charge in [-0.15, -0.1) is 0 Å². The van der Waals surface area contributed by atoms with Gasteiger partial charge in [-0.05, 0) is 67.5 Å². The minimum atomic E-state index is -3.73. The fourth-order valence-corrected chi connectivity index (χ4v) is 4.72. The van der Waals surface area contributed by atoms with Crippen molar-refractivity contribution in [1.82, 2.24) is 9.62 Å². The molecule has 1 atom stereocenters. The number of aryl methyl sites for hydroxylation is 2. The topological polar surface area (TPSA) is 66.5 Å². The predicted octanol–water partition coefficient (Wildman–Crippen LogP) is 3.31. The number of benzene rings is 2. The maximum absolute atomic E-state index is 12.8. The smallest absolute Gasteiger partial charge is 0.253 e. The van der Waals surface area contributed by atoms with Gasteiger partial charge in [-0.1, -0.05) is 24.3 Å². The fraction of sp³-hybridized carbons (Fsp3) is 0.381. The van der Waals surface area contributed by atoms with E-state index in [4.69, 9.17) is 0 Å². The van der Waals surface area contributed by atoms with Gasteiger partial charge >= 0.3 is 0 Å². The Kier molecular flexibility index (Phi) is 5.67. The Morgan fingerprint density at radius 2 is 1.74 bits per heavy atom. The highest BCUT2D eigenvalue weighted by Gasteiger charge is 2.21. The Morgan fingerprint density at radius 3 is 2.44 bits per heavy atom. The first-order valence-electron chi connectivity index (χ1n) is 9.23. The van der Waals surface area contributed by atoms with Crippen LogP contribution in [0.2, 0.25) is 0 Å².